The van der Waals surface area contributed by atoms with Gasteiger partial charge in [0.05, 0.1) is 0 Å². The number of benzene rings is 2. The molecule has 0 unspecified atom stereocenters. The van der Waals surface area contributed by atoms with Crippen LogP contribution in [0.25, 0.3) is 11.1 Å². The lowest BCUT2D eigenvalue weighted by Gasteiger charge is -2.57. The Balaban J connectivity index is 1.44. The number of anilines is 1. The molecule has 0 aromatic heterocycles. The van der Waals surface area contributed by atoms with E-state index < -0.39 is 0 Å². The highest BCUT2D eigenvalue weighted by Crippen LogP contribution is 2.50. The number of piperidine rings is 2. The van der Waals surface area contributed by atoms with E-state index in [-0.39, 0.29) is 0 Å². The fraction of sp³-hybridized carbons (Fsp3) is 0.429. The van der Waals surface area contributed by atoms with Gasteiger partial charge in [-0.05, 0) is 67.2 Å². The second-order valence-corrected chi connectivity index (χ2v) is 7.54. The van der Waals surface area contributed by atoms with Crippen molar-refractivity contribution in [3.05, 3.63) is 54.6 Å². The molecule has 2 saturated heterocycles. The van der Waals surface area contributed by atoms with Gasteiger partial charge in [0, 0.05) is 17.8 Å². The van der Waals surface area contributed by atoms with Gasteiger partial charge < -0.3 is 4.90 Å². The predicted molar refractivity (Wildman–Crippen MR) is 92.0 cm³/mol. The fourth-order valence-corrected chi connectivity index (χ4v) is 5.41. The van der Waals surface area contributed by atoms with Crippen LogP contribution in [0, 0.1) is 11.8 Å². The van der Waals surface area contributed by atoms with Gasteiger partial charge in [-0.2, -0.15) is 0 Å². The summed E-state index contributed by atoms with van der Waals surface area (Å²) in [6.45, 7) is 0. The van der Waals surface area contributed by atoms with Crippen molar-refractivity contribution in [2.24, 2.45) is 11.8 Å². The van der Waals surface area contributed by atoms with E-state index in [2.05, 4.69) is 59.5 Å². The van der Waals surface area contributed by atoms with E-state index in [9.17, 15) is 0 Å². The van der Waals surface area contributed by atoms with Crippen molar-refractivity contribution in [2.45, 2.75) is 44.2 Å². The summed E-state index contributed by atoms with van der Waals surface area (Å²) in [6.07, 6.45) is 7.27. The van der Waals surface area contributed by atoms with Crippen LogP contribution in [0.15, 0.2) is 54.6 Å². The number of nitrogens with zero attached hydrogens (tertiary/aromatic N) is 1. The molecular weight excluding hydrogens is 266 g/mol. The van der Waals surface area contributed by atoms with Crippen LogP contribution in [0.5, 0.6) is 0 Å². The van der Waals surface area contributed by atoms with Crippen LogP contribution < -0.4 is 4.90 Å². The number of hydrogen-bond acceptors (Lipinski definition) is 1. The summed E-state index contributed by atoms with van der Waals surface area (Å²) in [5.41, 5.74) is 4.09. The first-order valence-corrected chi connectivity index (χ1v) is 8.80. The first-order chi connectivity index (χ1) is 10.9. The highest BCUT2D eigenvalue weighted by Gasteiger charge is 2.46. The van der Waals surface area contributed by atoms with Gasteiger partial charge in [-0.15, -0.1) is 0 Å². The summed E-state index contributed by atoms with van der Waals surface area (Å²) >= 11 is 0. The van der Waals surface area contributed by atoms with E-state index in [0.29, 0.717) is 0 Å². The average Bonchev–Trinajstić information content (AvgIpc) is 2.55. The third kappa shape index (κ3) is 1.99. The van der Waals surface area contributed by atoms with Crippen molar-refractivity contribution in [1.29, 1.82) is 0 Å². The molecule has 0 N–H and O–H groups in total. The monoisotopic (exact) mass is 289 g/mol. The van der Waals surface area contributed by atoms with E-state index in [1.54, 1.807) is 0 Å². The summed E-state index contributed by atoms with van der Waals surface area (Å²) in [6, 6.07) is 21.6. The molecule has 2 heterocycles. The minimum absolute atomic E-state index is 0.818. The van der Waals surface area contributed by atoms with Gasteiger partial charge in [0.2, 0.25) is 0 Å². The Labute approximate surface area is 133 Å². The summed E-state index contributed by atoms with van der Waals surface area (Å²) in [7, 11) is 0. The smallest absolute Gasteiger partial charge is 0.0371 e. The lowest BCUT2D eigenvalue weighted by Crippen LogP contribution is -2.58. The van der Waals surface area contributed by atoms with Gasteiger partial charge in [-0.25, -0.2) is 0 Å². The van der Waals surface area contributed by atoms with E-state index in [1.165, 1.54) is 48.9 Å². The first-order valence-electron chi connectivity index (χ1n) is 8.80. The molecule has 0 spiro atoms. The standard InChI is InChI=1S/C21H23N/c1-2-4-17(5-3-1)18-6-8-19(9-7-18)22-20-11-15-10-16(13-20)14-21(22)12-15/h1-9,15-16,20-21H,10-14H2. The van der Waals surface area contributed by atoms with E-state index in [0.717, 1.165) is 23.9 Å². The molecule has 2 aromatic rings. The Kier molecular flexibility index (Phi) is 2.82. The second-order valence-electron chi connectivity index (χ2n) is 7.54. The zero-order valence-electron chi connectivity index (χ0n) is 13.0. The SMILES string of the molecule is c1ccc(-c2ccc(N3C4CC5CC(C4)CC3C5)cc2)cc1. The largest absolute Gasteiger partial charge is 0.366 e. The van der Waals surface area contributed by atoms with Crippen LogP contribution in [0.4, 0.5) is 5.69 Å². The quantitative estimate of drug-likeness (QED) is 0.741. The minimum Gasteiger partial charge on any atom is -0.366 e. The third-order valence-corrected chi connectivity index (χ3v) is 6.15. The number of hydrogen-bond donors (Lipinski definition) is 0. The topological polar surface area (TPSA) is 3.24 Å². The van der Waals surface area contributed by atoms with Crippen LogP contribution in [0.2, 0.25) is 0 Å². The molecule has 0 amide bonds. The van der Waals surface area contributed by atoms with E-state index in [4.69, 9.17) is 0 Å². The van der Waals surface area contributed by atoms with E-state index >= 15 is 0 Å². The fourth-order valence-electron chi connectivity index (χ4n) is 5.41. The van der Waals surface area contributed by atoms with Gasteiger partial charge >= 0.3 is 0 Å². The lowest BCUT2D eigenvalue weighted by molar-refractivity contribution is 0.0900. The normalized spacial score (nSPS) is 32.5. The summed E-state index contributed by atoms with van der Waals surface area (Å²) < 4.78 is 0. The van der Waals surface area contributed by atoms with Crippen LogP contribution in [-0.2, 0) is 0 Å². The molecular formula is C21H23N. The molecule has 112 valence electrons. The van der Waals surface area contributed by atoms with Gasteiger partial charge in [0.1, 0.15) is 0 Å². The molecule has 4 bridgehead atoms. The molecule has 0 atom stereocenters. The Morgan fingerprint density at radius 1 is 0.591 bits per heavy atom. The maximum atomic E-state index is 2.76. The van der Waals surface area contributed by atoms with Crippen molar-refractivity contribution >= 4 is 5.69 Å². The van der Waals surface area contributed by atoms with Crippen LogP contribution >= 0.6 is 0 Å². The molecule has 2 aliphatic heterocycles. The zero-order valence-corrected chi connectivity index (χ0v) is 13.0. The molecule has 0 radical (unpaired) electrons. The molecule has 4 aliphatic rings. The maximum absolute atomic E-state index is 2.76. The molecule has 2 aliphatic carbocycles. The van der Waals surface area contributed by atoms with Crippen LogP contribution in [-0.4, -0.2) is 12.1 Å². The molecule has 22 heavy (non-hydrogen) atoms. The maximum Gasteiger partial charge on any atom is 0.0371 e. The van der Waals surface area contributed by atoms with Gasteiger partial charge in [0.15, 0.2) is 0 Å². The van der Waals surface area contributed by atoms with Gasteiger partial charge in [0.25, 0.3) is 0 Å². The molecule has 2 aromatic carbocycles. The Bertz CT molecular complexity index is 630. The molecule has 1 heteroatoms. The van der Waals surface area contributed by atoms with Crippen molar-refractivity contribution in [3.63, 3.8) is 0 Å². The Morgan fingerprint density at radius 3 is 1.73 bits per heavy atom. The summed E-state index contributed by atoms with van der Waals surface area (Å²) in [4.78, 5) is 2.76. The molecule has 4 fully saturated rings. The molecule has 1 nitrogen and oxygen atoms in total. The van der Waals surface area contributed by atoms with Crippen LogP contribution in [0.3, 0.4) is 0 Å². The lowest BCUT2D eigenvalue weighted by atomic mass is 9.63. The van der Waals surface area contributed by atoms with Crippen molar-refractivity contribution in [2.75, 3.05) is 4.90 Å². The van der Waals surface area contributed by atoms with Crippen molar-refractivity contribution < 1.29 is 0 Å². The Morgan fingerprint density at radius 2 is 1.14 bits per heavy atom. The zero-order chi connectivity index (χ0) is 14.5. The van der Waals surface area contributed by atoms with Crippen LogP contribution in [0.1, 0.15) is 32.1 Å². The highest BCUT2D eigenvalue weighted by atomic mass is 15.2. The molecule has 2 saturated carbocycles. The third-order valence-electron chi connectivity index (χ3n) is 6.15. The predicted octanol–water partition coefficient (Wildman–Crippen LogP) is 5.12. The van der Waals surface area contributed by atoms with Crippen molar-refractivity contribution in [1.82, 2.24) is 0 Å². The summed E-state index contributed by atoms with van der Waals surface area (Å²) in [5, 5.41) is 0. The number of rotatable bonds is 2. The Hall–Kier alpha value is -1.76. The van der Waals surface area contributed by atoms with Gasteiger partial charge in [-0.3, -0.25) is 0 Å². The van der Waals surface area contributed by atoms with Gasteiger partial charge in [-0.1, -0.05) is 42.5 Å². The highest BCUT2D eigenvalue weighted by molar-refractivity contribution is 5.66. The average molecular weight is 289 g/mol. The minimum atomic E-state index is 0.818. The summed E-state index contributed by atoms with van der Waals surface area (Å²) in [5.74, 6) is 2.06. The first kappa shape index (κ1) is 12.8. The van der Waals surface area contributed by atoms with Crippen molar-refractivity contribution in [3.8, 4) is 11.1 Å². The van der Waals surface area contributed by atoms with E-state index in [1.807, 2.05) is 0 Å². The second kappa shape index (κ2) is 4.87. The molecule has 6 rings (SSSR count).